The Bertz CT molecular complexity index is 922. The van der Waals surface area contributed by atoms with Gasteiger partial charge in [0.1, 0.15) is 5.75 Å². The van der Waals surface area contributed by atoms with Gasteiger partial charge in [0.05, 0.1) is 23.8 Å². The van der Waals surface area contributed by atoms with Crippen LogP contribution < -0.4 is 10.1 Å². The number of benzene rings is 2. The fourth-order valence-corrected chi connectivity index (χ4v) is 2.29. The number of nitro groups is 1. The van der Waals surface area contributed by atoms with Crippen LogP contribution in [0.15, 0.2) is 59.5 Å². The zero-order valence-corrected chi connectivity index (χ0v) is 13.1. The van der Waals surface area contributed by atoms with E-state index in [1.165, 1.54) is 37.8 Å². The van der Waals surface area contributed by atoms with Gasteiger partial charge in [-0.1, -0.05) is 6.07 Å². The molecule has 0 spiro atoms. The van der Waals surface area contributed by atoms with Gasteiger partial charge in [-0.25, -0.2) is 4.98 Å². The predicted molar refractivity (Wildman–Crippen MR) is 89.5 cm³/mol. The Balaban J connectivity index is 1.84. The second kappa shape index (κ2) is 6.83. The lowest BCUT2D eigenvalue weighted by Gasteiger charge is -2.10. The van der Waals surface area contributed by atoms with Crippen LogP contribution in [0.5, 0.6) is 5.75 Å². The summed E-state index contributed by atoms with van der Waals surface area (Å²) in [5.41, 5.74) is 1.21. The Hall–Kier alpha value is -3.68. The van der Waals surface area contributed by atoms with E-state index in [0.29, 0.717) is 22.8 Å². The van der Waals surface area contributed by atoms with Crippen LogP contribution in [0.1, 0.15) is 10.4 Å². The summed E-state index contributed by atoms with van der Waals surface area (Å²) in [7, 11) is 1.50. The lowest BCUT2D eigenvalue weighted by Crippen LogP contribution is -2.12. The summed E-state index contributed by atoms with van der Waals surface area (Å²) >= 11 is 0. The van der Waals surface area contributed by atoms with Crippen molar-refractivity contribution in [1.29, 1.82) is 0 Å². The summed E-state index contributed by atoms with van der Waals surface area (Å²) in [4.78, 5) is 26.4. The number of nitrogens with one attached hydrogen (secondary N) is 1. The van der Waals surface area contributed by atoms with E-state index in [4.69, 9.17) is 9.15 Å². The highest BCUT2D eigenvalue weighted by molar-refractivity contribution is 6.04. The molecule has 0 saturated carbocycles. The van der Waals surface area contributed by atoms with Crippen LogP contribution in [0.2, 0.25) is 0 Å². The highest BCUT2D eigenvalue weighted by Gasteiger charge is 2.14. The minimum absolute atomic E-state index is 0.147. The van der Waals surface area contributed by atoms with Crippen molar-refractivity contribution in [3.8, 4) is 17.1 Å². The van der Waals surface area contributed by atoms with E-state index < -0.39 is 10.8 Å². The molecule has 0 radical (unpaired) electrons. The van der Waals surface area contributed by atoms with Gasteiger partial charge in [-0.15, -0.1) is 0 Å². The summed E-state index contributed by atoms with van der Waals surface area (Å²) in [5, 5.41) is 13.5. The number of non-ortho nitro benzene ring substituents is 1. The van der Waals surface area contributed by atoms with Gasteiger partial charge < -0.3 is 14.5 Å². The fraction of sp³-hybridized carbons (Fsp3) is 0.0588. The average molecular weight is 339 g/mol. The molecule has 1 N–H and O–H groups in total. The third kappa shape index (κ3) is 3.47. The number of nitro benzene ring substituents is 1. The second-order valence-corrected chi connectivity index (χ2v) is 5.04. The molecule has 0 atom stereocenters. The van der Waals surface area contributed by atoms with Crippen LogP contribution >= 0.6 is 0 Å². The minimum Gasteiger partial charge on any atom is -0.496 e. The van der Waals surface area contributed by atoms with Crippen molar-refractivity contribution in [3.63, 3.8) is 0 Å². The normalized spacial score (nSPS) is 10.3. The zero-order valence-electron chi connectivity index (χ0n) is 13.1. The standard InChI is InChI=1S/C17H13N3O5/c1-24-15-8-12(5-6-14(15)16-9-18-10-25-16)19-17(21)11-3-2-4-13(7-11)20(22)23/h2-10H,1H3,(H,19,21). The van der Waals surface area contributed by atoms with Crippen molar-refractivity contribution in [2.24, 2.45) is 0 Å². The molecule has 8 heteroatoms. The quantitative estimate of drug-likeness (QED) is 0.563. The van der Waals surface area contributed by atoms with Gasteiger partial charge in [0, 0.05) is 29.4 Å². The van der Waals surface area contributed by atoms with E-state index in [1.807, 2.05) is 0 Å². The summed E-state index contributed by atoms with van der Waals surface area (Å²) in [6, 6.07) is 10.5. The molecule has 0 fully saturated rings. The Labute approximate surface area is 142 Å². The number of carbonyl (C=O) groups excluding carboxylic acids is 1. The summed E-state index contributed by atoms with van der Waals surface area (Å²) in [6.45, 7) is 0. The number of oxazole rings is 1. The van der Waals surface area contributed by atoms with Gasteiger partial charge in [0.2, 0.25) is 0 Å². The Morgan fingerprint density at radius 3 is 2.80 bits per heavy atom. The van der Waals surface area contributed by atoms with Crippen LogP contribution in [-0.4, -0.2) is 22.9 Å². The van der Waals surface area contributed by atoms with Crippen LogP contribution in [0.3, 0.4) is 0 Å². The van der Waals surface area contributed by atoms with Gasteiger partial charge in [0.15, 0.2) is 12.2 Å². The van der Waals surface area contributed by atoms with Crippen LogP contribution in [0.4, 0.5) is 11.4 Å². The fourth-order valence-electron chi connectivity index (χ4n) is 2.29. The van der Waals surface area contributed by atoms with Gasteiger partial charge in [-0.2, -0.15) is 0 Å². The van der Waals surface area contributed by atoms with Crippen molar-refractivity contribution < 1.29 is 18.9 Å². The number of carbonyl (C=O) groups is 1. The Morgan fingerprint density at radius 2 is 2.12 bits per heavy atom. The van der Waals surface area contributed by atoms with Crippen LogP contribution in [-0.2, 0) is 0 Å². The minimum atomic E-state index is -0.550. The average Bonchev–Trinajstić information content (AvgIpc) is 3.16. The summed E-state index contributed by atoms with van der Waals surface area (Å²) in [5.74, 6) is 0.570. The maximum Gasteiger partial charge on any atom is 0.270 e. The molecular formula is C17H13N3O5. The molecule has 0 bridgehead atoms. The third-order valence-electron chi connectivity index (χ3n) is 3.48. The third-order valence-corrected chi connectivity index (χ3v) is 3.48. The largest absolute Gasteiger partial charge is 0.496 e. The maximum absolute atomic E-state index is 12.3. The first-order chi connectivity index (χ1) is 12.1. The van der Waals surface area contributed by atoms with Crippen molar-refractivity contribution in [2.75, 3.05) is 12.4 Å². The number of amides is 1. The molecule has 0 aliphatic carbocycles. The van der Waals surface area contributed by atoms with E-state index in [2.05, 4.69) is 10.3 Å². The predicted octanol–water partition coefficient (Wildman–Crippen LogP) is 3.51. The topological polar surface area (TPSA) is 108 Å². The molecule has 3 aromatic rings. The lowest BCUT2D eigenvalue weighted by atomic mass is 10.1. The number of nitrogens with zero attached hydrogens (tertiary/aromatic N) is 2. The van der Waals surface area contributed by atoms with Gasteiger partial charge in [0.25, 0.3) is 11.6 Å². The zero-order chi connectivity index (χ0) is 17.8. The van der Waals surface area contributed by atoms with Crippen LogP contribution in [0.25, 0.3) is 11.3 Å². The van der Waals surface area contributed by atoms with E-state index in [-0.39, 0.29) is 11.3 Å². The first-order valence-corrected chi connectivity index (χ1v) is 7.21. The Kier molecular flexibility index (Phi) is 4.42. The van der Waals surface area contributed by atoms with Crippen molar-refractivity contribution in [3.05, 3.63) is 70.7 Å². The number of hydrogen-bond donors (Lipinski definition) is 1. The molecule has 126 valence electrons. The first-order valence-electron chi connectivity index (χ1n) is 7.21. The smallest absolute Gasteiger partial charge is 0.270 e. The molecule has 0 unspecified atom stereocenters. The molecule has 2 aromatic carbocycles. The number of hydrogen-bond acceptors (Lipinski definition) is 6. The molecular weight excluding hydrogens is 326 g/mol. The molecule has 0 aliphatic heterocycles. The number of rotatable bonds is 5. The van der Waals surface area contributed by atoms with Gasteiger partial charge in [-0.3, -0.25) is 14.9 Å². The highest BCUT2D eigenvalue weighted by Crippen LogP contribution is 2.32. The molecule has 1 aromatic heterocycles. The molecule has 3 rings (SSSR count). The maximum atomic E-state index is 12.3. The van der Waals surface area contributed by atoms with Gasteiger partial charge >= 0.3 is 0 Å². The van der Waals surface area contributed by atoms with Crippen molar-refractivity contribution in [1.82, 2.24) is 4.98 Å². The van der Waals surface area contributed by atoms with Gasteiger partial charge in [-0.05, 0) is 18.2 Å². The van der Waals surface area contributed by atoms with Crippen molar-refractivity contribution in [2.45, 2.75) is 0 Å². The molecule has 8 nitrogen and oxygen atoms in total. The van der Waals surface area contributed by atoms with E-state index in [0.717, 1.165) is 0 Å². The molecule has 0 aliphatic rings. The van der Waals surface area contributed by atoms with E-state index >= 15 is 0 Å². The second-order valence-electron chi connectivity index (χ2n) is 5.04. The van der Waals surface area contributed by atoms with E-state index in [1.54, 1.807) is 24.4 Å². The number of anilines is 1. The SMILES string of the molecule is COc1cc(NC(=O)c2cccc([N+](=O)[O-])c2)ccc1-c1cnco1. The monoisotopic (exact) mass is 339 g/mol. The van der Waals surface area contributed by atoms with Crippen molar-refractivity contribution >= 4 is 17.3 Å². The lowest BCUT2D eigenvalue weighted by molar-refractivity contribution is -0.384. The Morgan fingerprint density at radius 1 is 1.28 bits per heavy atom. The summed E-state index contributed by atoms with van der Waals surface area (Å²) < 4.78 is 10.6. The van der Waals surface area contributed by atoms with Crippen LogP contribution in [0, 0.1) is 10.1 Å². The molecule has 1 heterocycles. The molecule has 25 heavy (non-hydrogen) atoms. The first kappa shape index (κ1) is 16.2. The summed E-state index contributed by atoms with van der Waals surface area (Å²) in [6.07, 6.45) is 2.87. The van der Waals surface area contributed by atoms with E-state index in [9.17, 15) is 14.9 Å². The molecule has 1 amide bonds. The number of methoxy groups -OCH3 is 1. The highest BCUT2D eigenvalue weighted by atomic mass is 16.6. The number of aromatic nitrogens is 1. The molecule has 0 saturated heterocycles. The number of ether oxygens (including phenoxy) is 1.